The summed E-state index contributed by atoms with van der Waals surface area (Å²) in [5.41, 5.74) is 2.89. The van der Waals surface area contributed by atoms with E-state index in [2.05, 4.69) is 42.6 Å². The number of halogens is 1. The average Bonchev–Trinajstić information content (AvgIpc) is 3.16. The van der Waals surface area contributed by atoms with Crippen molar-refractivity contribution in [2.45, 2.75) is 6.42 Å². The van der Waals surface area contributed by atoms with Gasteiger partial charge in [0.2, 0.25) is 0 Å². The number of nitrogens with zero attached hydrogens (tertiary/aromatic N) is 6. The average molecular weight is 347 g/mol. The molecule has 0 bridgehead atoms. The molecule has 7 nitrogen and oxygen atoms in total. The molecule has 0 spiro atoms. The van der Waals surface area contributed by atoms with Gasteiger partial charge < -0.3 is 4.74 Å². The van der Waals surface area contributed by atoms with Crippen molar-refractivity contribution >= 4 is 15.9 Å². The third kappa shape index (κ3) is 2.02. The second-order valence-electron chi connectivity index (χ2n) is 4.80. The molecule has 0 fully saturated rings. The van der Waals surface area contributed by atoms with Crippen molar-refractivity contribution in [1.82, 2.24) is 30.0 Å². The molecule has 106 valence electrons. The van der Waals surface area contributed by atoms with E-state index in [4.69, 9.17) is 4.74 Å². The van der Waals surface area contributed by atoms with Crippen LogP contribution in [0.1, 0.15) is 5.56 Å². The molecule has 0 unspecified atom stereocenters. The van der Waals surface area contributed by atoms with Gasteiger partial charge in [0.1, 0.15) is 11.4 Å². The number of benzene rings is 1. The fourth-order valence-electron chi connectivity index (χ4n) is 2.45. The van der Waals surface area contributed by atoms with Crippen LogP contribution in [0, 0.1) is 0 Å². The van der Waals surface area contributed by atoms with Crippen LogP contribution < -0.4 is 4.74 Å². The first-order valence-electron chi connectivity index (χ1n) is 6.45. The van der Waals surface area contributed by atoms with Crippen LogP contribution in [0.4, 0.5) is 0 Å². The van der Waals surface area contributed by atoms with E-state index < -0.39 is 0 Å². The Balaban J connectivity index is 1.82. The second-order valence-corrected chi connectivity index (χ2v) is 5.72. The van der Waals surface area contributed by atoms with Gasteiger partial charge >= 0.3 is 0 Å². The van der Waals surface area contributed by atoms with Crippen molar-refractivity contribution in [2.75, 3.05) is 6.61 Å². The highest BCUT2D eigenvalue weighted by Crippen LogP contribution is 2.38. The summed E-state index contributed by atoms with van der Waals surface area (Å²) in [6.07, 6.45) is 4.41. The molecule has 4 rings (SSSR count). The maximum atomic E-state index is 5.73. The highest BCUT2D eigenvalue weighted by atomic mass is 79.9. The number of fused-ring (bicyclic) bond motifs is 1. The lowest BCUT2D eigenvalue weighted by Gasteiger charge is -2.06. The van der Waals surface area contributed by atoms with Gasteiger partial charge in [0, 0.05) is 23.5 Å². The first kappa shape index (κ1) is 12.5. The number of aromatic nitrogens is 6. The van der Waals surface area contributed by atoms with E-state index in [9.17, 15) is 0 Å². The van der Waals surface area contributed by atoms with E-state index in [0.29, 0.717) is 6.61 Å². The number of ether oxygens (including phenoxy) is 1. The van der Waals surface area contributed by atoms with Crippen molar-refractivity contribution in [3.8, 4) is 22.8 Å². The van der Waals surface area contributed by atoms with Gasteiger partial charge in [-0.25, -0.2) is 9.36 Å². The largest absolute Gasteiger partial charge is 0.492 e. The lowest BCUT2D eigenvalue weighted by Crippen LogP contribution is -2.03. The molecule has 1 aliphatic heterocycles. The van der Waals surface area contributed by atoms with Crippen LogP contribution in [0.2, 0.25) is 0 Å². The van der Waals surface area contributed by atoms with Gasteiger partial charge in [0.05, 0.1) is 19.0 Å². The van der Waals surface area contributed by atoms with E-state index >= 15 is 0 Å². The molecular formula is C13H11BrN6O. The van der Waals surface area contributed by atoms with E-state index in [-0.39, 0.29) is 0 Å². The standard InChI is InChI=1S/C13H11BrN6O/c1-19-12(6-15-17-19)20-7-11(16-18-20)10-5-9(14)4-8-2-3-21-13(8)10/h4-7H,2-3H2,1H3. The molecule has 0 N–H and O–H groups in total. The Hall–Kier alpha value is -2.22. The van der Waals surface area contributed by atoms with Crippen LogP contribution in [0.3, 0.4) is 0 Å². The number of hydrogen-bond donors (Lipinski definition) is 0. The summed E-state index contributed by atoms with van der Waals surface area (Å²) in [5.74, 6) is 1.65. The van der Waals surface area contributed by atoms with Gasteiger partial charge in [-0.2, -0.15) is 0 Å². The van der Waals surface area contributed by atoms with Gasteiger partial charge in [-0.15, -0.1) is 10.2 Å². The third-order valence-electron chi connectivity index (χ3n) is 3.44. The smallest absolute Gasteiger partial charge is 0.173 e. The van der Waals surface area contributed by atoms with Crippen LogP contribution >= 0.6 is 15.9 Å². The van der Waals surface area contributed by atoms with Crippen LogP contribution in [0.25, 0.3) is 17.1 Å². The van der Waals surface area contributed by atoms with Gasteiger partial charge in [0.25, 0.3) is 0 Å². The molecule has 1 aliphatic rings. The van der Waals surface area contributed by atoms with Gasteiger partial charge in [-0.05, 0) is 17.7 Å². The SMILES string of the molecule is Cn1nncc1-n1cc(-c2cc(Br)cc3c2OCC3)nn1. The Kier molecular flexibility index (Phi) is 2.78. The van der Waals surface area contributed by atoms with Crippen molar-refractivity contribution in [1.29, 1.82) is 0 Å². The number of aryl methyl sites for hydroxylation is 1. The predicted molar refractivity (Wildman–Crippen MR) is 78.3 cm³/mol. The van der Waals surface area contributed by atoms with Crippen molar-refractivity contribution < 1.29 is 4.74 Å². The predicted octanol–water partition coefficient (Wildman–Crippen LogP) is 1.76. The zero-order chi connectivity index (χ0) is 14.4. The third-order valence-corrected chi connectivity index (χ3v) is 3.90. The monoisotopic (exact) mass is 346 g/mol. The molecule has 0 saturated heterocycles. The van der Waals surface area contributed by atoms with Gasteiger partial charge in [0.15, 0.2) is 5.82 Å². The lowest BCUT2D eigenvalue weighted by atomic mass is 10.1. The summed E-state index contributed by atoms with van der Waals surface area (Å²) in [4.78, 5) is 0. The summed E-state index contributed by atoms with van der Waals surface area (Å²) in [5, 5.41) is 16.1. The molecule has 0 radical (unpaired) electrons. The zero-order valence-electron chi connectivity index (χ0n) is 11.2. The van der Waals surface area contributed by atoms with E-state index in [1.807, 2.05) is 19.3 Å². The minimum atomic E-state index is 0.707. The maximum Gasteiger partial charge on any atom is 0.173 e. The lowest BCUT2D eigenvalue weighted by molar-refractivity contribution is 0.358. The number of hydrogen-bond acceptors (Lipinski definition) is 5. The Morgan fingerprint density at radius 3 is 3.00 bits per heavy atom. The van der Waals surface area contributed by atoms with Gasteiger partial charge in [-0.3, -0.25) is 0 Å². The van der Waals surface area contributed by atoms with Gasteiger partial charge in [-0.1, -0.05) is 26.4 Å². The van der Waals surface area contributed by atoms with Crippen molar-refractivity contribution in [3.63, 3.8) is 0 Å². The highest BCUT2D eigenvalue weighted by molar-refractivity contribution is 9.10. The first-order chi connectivity index (χ1) is 10.2. The molecule has 8 heteroatoms. The van der Waals surface area contributed by atoms with E-state index in [1.165, 1.54) is 5.56 Å². The second kappa shape index (κ2) is 4.66. The summed E-state index contributed by atoms with van der Waals surface area (Å²) < 4.78 is 10.0. The van der Waals surface area contributed by atoms with Crippen LogP contribution in [0.15, 0.2) is 29.0 Å². The summed E-state index contributed by atoms with van der Waals surface area (Å²) in [7, 11) is 1.81. The Bertz CT molecular complexity index is 824. The van der Waals surface area contributed by atoms with Crippen LogP contribution in [-0.4, -0.2) is 36.6 Å². The summed E-state index contributed by atoms with van der Waals surface area (Å²) in [6.45, 7) is 0.707. The minimum Gasteiger partial charge on any atom is -0.492 e. The Morgan fingerprint density at radius 2 is 2.19 bits per heavy atom. The fourth-order valence-corrected chi connectivity index (χ4v) is 2.96. The minimum absolute atomic E-state index is 0.707. The number of rotatable bonds is 2. The molecule has 0 aliphatic carbocycles. The summed E-state index contributed by atoms with van der Waals surface area (Å²) >= 11 is 3.54. The molecule has 21 heavy (non-hydrogen) atoms. The topological polar surface area (TPSA) is 70.7 Å². The molecule has 2 aromatic heterocycles. The molecule has 3 aromatic rings. The maximum absolute atomic E-state index is 5.73. The zero-order valence-corrected chi connectivity index (χ0v) is 12.8. The van der Waals surface area contributed by atoms with Crippen LogP contribution in [-0.2, 0) is 13.5 Å². The Morgan fingerprint density at radius 1 is 1.29 bits per heavy atom. The molecule has 1 aromatic carbocycles. The Labute approximate surface area is 128 Å². The fraction of sp³-hybridized carbons (Fsp3) is 0.231. The van der Waals surface area contributed by atoms with E-state index in [1.54, 1.807) is 15.6 Å². The first-order valence-corrected chi connectivity index (χ1v) is 7.24. The van der Waals surface area contributed by atoms with Crippen molar-refractivity contribution in [2.24, 2.45) is 7.05 Å². The molecule has 0 amide bonds. The molecule has 0 saturated carbocycles. The van der Waals surface area contributed by atoms with Crippen LogP contribution in [0.5, 0.6) is 5.75 Å². The quantitative estimate of drug-likeness (QED) is 0.707. The normalized spacial score (nSPS) is 13.2. The molecule has 0 atom stereocenters. The molecule has 3 heterocycles. The molecular weight excluding hydrogens is 336 g/mol. The summed E-state index contributed by atoms with van der Waals surface area (Å²) in [6, 6.07) is 4.08. The van der Waals surface area contributed by atoms with E-state index in [0.717, 1.165) is 33.7 Å². The highest BCUT2D eigenvalue weighted by Gasteiger charge is 2.20. The van der Waals surface area contributed by atoms with Crippen molar-refractivity contribution in [3.05, 3.63) is 34.6 Å².